The quantitative estimate of drug-likeness (QED) is 0.339. The van der Waals surface area contributed by atoms with Crippen LogP contribution in [0, 0.1) is 17.7 Å². The van der Waals surface area contributed by atoms with Gasteiger partial charge in [0, 0.05) is 4.91 Å². The van der Waals surface area contributed by atoms with Gasteiger partial charge in [-0.25, -0.2) is 8.78 Å². The molecule has 0 aliphatic carbocycles. The van der Waals surface area contributed by atoms with Gasteiger partial charge in [-0.1, -0.05) is 11.2 Å². The third-order valence-corrected chi connectivity index (χ3v) is 1.01. The van der Waals surface area contributed by atoms with Crippen LogP contribution >= 0.6 is 0 Å². The summed E-state index contributed by atoms with van der Waals surface area (Å²) in [5.41, 5.74) is 7.43. The van der Waals surface area contributed by atoms with Crippen LogP contribution < -0.4 is 0 Å². The summed E-state index contributed by atoms with van der Waals surface area (Å²) in [6.45, 7) is 0. The zero-order valence-electron chi connectivity index (χ0n) is 5.25. The second-order valence-electron chi connectivity index (χ2n) is 1.68. The molecule has 0 heterocycles. The van der Waals surface area contributed by atoms with Gasteiger partial charge in [0.25, 0.3) is 0 Å². The third kappa shape index (κ3) is 1.45. The Morgan fingerprint density at radius 3 is 2.91 bits per heavy atom. The summed E-state index contributed by atoms with van der Waals surface area (Å²) in [5.74, 6) is -2.23. The molecule has 1 aromatic carbocycles. The maximum absolute atomic E-state index is 12.5. The molecule has 0 saturated carbocycles. The van der Waals surface area contributed by atoms with Crippen LogP contribution in [0.1, 0.15) is 0 Å². The lowest BCUT2D eigenvalue weighted by Gasteiger charge is -1.92. The zero-order valence-corrected chi connectivity index (χ0v) is 5.25. The van der Waals surface area contributed by atoms with Gasteiger partial charge in [0.05, 0.1) is 5.69 Å². The smallest absolute Gasteiger partial charge is 0.169 e. The van der Waals surface area contributed by atoms with Gasteiger partial charge in [0.15, 0.2) is 11.6 Å². The van der Waals surface area contributed by atoms with Crippen LogP contribution in [0.2, 0.25) is 0 Å². The van der Waals surface area contributed by atoms with E-state index in [4.69, 9.17) is 5.53 Å². The fraction of sp³-hybridized carbons (Fsp3) is 0. The predicted octanol–water partition coefficient (Wildman–Crippen LogP) is 2.71. The van der Waals surface area contributed by atoms with E-state index in [1.54, 1.807) is 0 Å². The van der Waals surface area contributed by atoms with Gasteiger partial charge in [-0.15, -0.1) is 0 Å². The average molecular weight is 154 g/mol. The normalized spacial score (nSPS) is 8.91. The number of hydrogen-bond donors (Lipinski definition) is 0. The molecule has 0 aliphatic heterocycles. The minimum atomic E-state index is -1.18. The van der Waals surface area contributed by atoms with Crippen molar-refractivity contribution in [1.29, 1.82) is 0 Å². The first kappa shape index (κ1) is 7.50. The molecule has 0 saturated heterocycles. The van der Waals surface area contributed by atoms with E-state index in [0.29, 0.717) is 0 Å². The highest BCUT2D eigenvalue weighted by molar-refractivity contribution is 5.36. The standard InChI is InChI=1S/C6H2F2N3/c7-4-2-1-3-5(6(4)8)10-11-9/h1-2H. The van der Waals surface area contributed by atoms with E-state index < -0.39 is 17.3 Å². The summed E-state index contributed by atoms with van der Waals surface area (Å²) in [7, 11) is 0. The maximum Gasteiger partial charge on any atom is 0.169 e. The summed E-state index contributed by atoms with van der Waals surface area (Å²) < 4.78 is 24.8. The Bertz CT molecular complexity index is 318. The highest BCUT2D eigenvalue weighted by Crippen LogP contribution is 2.18. The summed E-state index contributed by atoms with van der Waals surface area (Å²) in [6.07, 6.45) is 0. The largest absolute Gasteiger partial charge is 0.204 e. The van der Waals surface area contributed by atoms with Gasteiger partial charge in [-0.2, -0.15) is 0 Å². The van der Waals surface area contributed by atoms with Crippen molar-refractivity contribution in [3.63, 3.8) is 0 Å². The topological polar surface area (TPSA) is 48.8 Å². The lowest BCUT2D eigenvalue weighted by atomic mass is 10.3. The molecular weight excluding hydrogens is 152 g/mol. The Hall–Kier alpha value is -1.61. The second kappa shape index (κ2) is 2.98. The fourth-order valence-electron chi connectivity index (χ4n) is 0.561. The second-order valence-corrected chi connectivity index (χ2v) is 1.68. The van der Waals surface area contributed by atoms with Crippen molar-refractivity contribution in [3.8, 4) is 0 Å². The minimum absolute atomic E-state index is 0.451. The summed E-state index contributed by atoms with van der Waals surface area (Å²) in [4.78, 5) is 2.29. The van der Waals surface area contributed by atoms with Gasteiger partial charge >= 0.3 is 0 Å². The molecule has 1 rings (SSSR count). The van der Waals surface area contributed by atoms with Gasteiger partial charge in [0.1, 0.15) is 0 Å². The SMILES string of the molecule is [N-]=[N+]=Nc1[c]ccc(F)c1F. The van der Waals surface area contributed by atoms with E-state index in [1.165, 1.54) is 0 Å². The van der Waals surface area contributed by atoms with E-state index >= 15 is 0 Å². The summed E-state index contributed by atoms with van der Waals surface area (Å²) in [5, 5.41) is 2.88. The summed E-state index contributed by atoms with van der Waals surface area (Å²) in [6, 6.07) is 4.28. The van der Waals surface area contributed by atoms with Crippen molar-refractivity contribution < 1.29 is 8.78 Å². The highest BCUT2D eigenvalue weighted by Gasteiger charge is 2.04. The van der Waals surface area contributed by atoms with E-state index in [-0.39, 0.29) is 0 Å². The number of benzene rings is 1. The van der Waals surface area contributed by atoms with E-state index in [1.807, 2.05) is 0 Å². The van der Waals surface area contributed by atoms with Gasteiger partial charge in [-0.3, -0.25) is 0 Å². The minimum Gasteiger partial charge on any atom is -0.204 e. The monoisotopic (exact) mass is 154 g/mol. The van der Waals surface area contributed by atoms with Crippen molar-refractivity contribution in [2.45, 2.75) is 0 Å². The Morgan fingerprint density at radius 1 is 1.55 bits per heavy atom. The Labute approximate surface area is 60.9 Å². The molecule has 1 aromatic rings. The lowest BCUT2D eigenvalue weighted by Crippen LogP contribution is -1.81. The number of azide groups is 1. The van der Waals surface area contributed by atoms with E-state index in [9.17, 15) is 8.78 Å². The average Bonchev–Trinajstić information content (AvgIpc) is 1.99. The van der Waals surface area contributed by atoms with Crippen molar-refractivity contribution in [2.24, 2.45) is 5.11 Å². The Morgan fingerprint density at radius 2 is 2.27 bits per heavy atom. The van der Waals surface area contributed by atoms with E-state index in [0.717, 1.165) is 12.1 Å². The molecule has 5 heteroatoms. The molecular formula is C6H2F2N3. The molecule has 3 nitrogen and oxygen atoms in total. The Kier molecular flexibility index (Phi) is 2.03. The van der Waals surface area contributed by atoms with Crippen LogP contribution in [0.4, 0.5) is 14.5 Å². The van der Waals surface area contributed by atoms with Crippen molar-refractivity contribution in [1.82, 2.24) is 0 Å². The number of halogens is 2. The lowest BCUT2D eigenvalue weighted by molar-refractivity contribution is 0.510. The molecule has 11 heavy (non-hydrogen) atoms. The van der Waals surface area contributed by atoms with E-state index in [2.05, 4.69) is 16.1 Å². The molecule has 0 spiro atoms. The van der Waals surface area contributed by atoms with Crippen molar-refractivity contribution in [3.05, 3.63) is 40.3 Å². The van der Waals surface area contributed by atoms with Crippen LogP contribution in [-0.4, -0.2) is 0 Å². The van der Waals surface area contributed by atoms with Crippen LogP contribution in [0.25, 0.3) is 10.4 Å². The van der Waals surface area contributed by atoms with Crippen molar-refractivity contribution in [2.75, 3.05) is 0 Å². The molecule has 1 radical (unpaired) electrons. The highest BCUT2D eigenvalue weighted by atomic mass is 19.2. The maximum atomic E-state index is 12.5. The molecule has 0 atom stereocenters. The van der Waals surface area contributed by atoms with Gasteiger partial charge < -0.3 is 0 Å². The molecule has 0 aliphatic rings. The predicted molar refractivity (Wildman–Crippen MR) is 34.0 cm³/mol. The fourth-order valence-corrected chi connectivity index (χ4v) is 0.561. The van der Waals surface area contributed by atoms with Crippen molar-refractivity contribution >= 4 is 5.69 Å². The van der Waals surface area contributed by atoms with Crippen LogP contribution in [0.5, 0.6) is 0 Å². The first-order valence-electron chi connectivity index (χ1n) is 2.66. The summed E-state index contributed by atoms with van der Waals surface area (Å²) >= 11 is 0. The van der Waals surface area contributed by atoms with Crippen LogP contribution in [-0.2, 0) is 0 Å². The molecule has 0 unspecified atom stereocenters. The molecule has 0 amide bonds. The molecule has 0 fully saturated rings. The number of rotatable bonds is 1. The van der Waals surface area contributed by atoms with Crippen LogP contribution in [0.3, 0.4) is 0 Å². The van der Waals surface area contributed by atoms with Gasteiger partial charge in [0.2, 0.25) is 0 Å². The molecule has 0 aromatic heterocycles. The molecule has 0 N–H and O–H groups in total. The first-order valence-corrected chi connectivity index (χ1v) is 2.66. The third-order valence-electron chi connectivity index (χ3n) is 1.01. The number of nitrogens with zero attached hydrogens (tertiary/aromatic N) is 3. The molecule has 0 bridgehead atoms. The zero-order chi connectivity index (χ0) is 8.27. The van der Waals surface area contributed by atoms with Gasteiger partial charge in [-0.05, 0) is 17.7 Å². The first-order chi connectivity index (χ1) is 5.25. The molecule has 55 valence electrons. The number of hydrogen-bond acceptors (Lipinski definition) is 1. The Balaban J connectivity index is 3.26. The van der Waals surface area contributed by atoms with Crippen LogP contribution in [0.15, 0.2) is 17.2 Å².